The molecule has 1 amide bonds. The molecule has 9 nitrogen and oxygen atoms in total. The van der Waals surface area contributed by atoms with Crippen LogP contribution in [-0.2, 0) is 9.53 Å². The molecule has 0 saturated carbocycles. The van der Waals surface area contributed by atoms with Gasteiger partial charge in [0, 0.05) is 18.2 Å². The SMILES string of the molecule is COc1cc(N)c(Cl)cc1C(=O)OCC(=O)Nc1cc([N+](=O)[O-])ccc1Cl. The number of esters is 1. The Bertz CT molecular complexity index is 919. The summed E-state index contributed by atoms with van der Waals surface area (Å²) in [4.78, 5) is 34.3. The number of nitrogens with one attached hydrogen (secondary N) is 1. The van der Waals surface area contributed by atoms with Crippen LogP contribution < -0.4 is 15.8 Å². The Kier molecular flexibility index (Phi) is 6.43. The predicted molar refractivity (Wildman–Crippen MR) is 99.4 cm³/mol. The second kappa shape index (κ2) is 8.56. The maximum absolute atomic E-state index is 12.2. The van der Waals surface area contributed by atoms with Crippen molar-refractivity contribution in [3.63, 3.8) is 0 Å². The molecule has 0 heterocycles. The third-order valence-electron chi connectivity index (χ3n) is 3.31. The molecule has 11 heteroatoms. The number of halogens is 2. The molecule has 0 spiro atoms. The minimum absolute atomic E-state index is 0.0139. The zero-order chi connectivity index (χ0) is 20.1. The minimum atomic E-state index is -0.867. The molecule has 0 aliphatic rings. The van der Waals surface area contributed by atoms with Gasteiger partial charge in [0.05, 0.1) is 33.5 Å². The van der Waals surface area contributed by atoms with Crippen LogP contribution >= 0.6 is 23.2 Å². The fraction of sp³-hybridized carbons (Fsp3) is 0.125. The van der Waals surface area contributed by atoms with E-state index < -0.39 is 23.4 Å². The third kappa shape index (κ3) is 4.99. The number of nitro groups is 1. The van der Waals surface area contributed by atoms with Gasteiger partial charge in [0.15, 0.2) is 6.61 Å². The molecule has 3 N–H and O–H groups in total. The Balaban J connectivity index is 2.06. The summed E-state index contributed by atoms with van der Waals surface area (Å²) in [7, 11) is 1.33. The zero-order valence-corrected chi connectivity index (χ0v) is 15.3. The summed E-state index contributed by atoms with van der Waals surface area (Å²) in [5.41, 5.74) is 5.59. The highest BCUT2D eigenvalue weighted by Crippen LogP contribution is 2.29. The van der Waals surface area contributed by atoms with Gasteiger partial charge in [0.1, 0.15) is 11.3 Å². The topological polar surface area (TPSA) is 134 Å². The van der Waals surface area contributed by atoms with Gasteiger partial charge in [-0.2, -0.15) is 0 Å². The number of nitrogen functional groups attached to an aromatic ring is 1. The Morgan fingerprint density at radius 1 is 1.22 bits per heavy atom. The Labute approximate surface area is 163 Å². The van der Waals surface area contributed by atoms with E-state index >= 15 is 0 Å². The second-order valence-corrected chi connectivity index (χ2v) is 5.93. The van der Waals surface area contributed by atoms with Crippen LogP contribution in [0.25, 0.3) is 0 Å². The fourth-order valence-electron chi connectivity index (χ4n) is 2.02. The molecule has 0 aromatic heterocycles. The highest BCUT2D eigenvalue weighted by Gasteiger charge is 2.18. The first-order valence-electron chi connectivity index (χ1n) is 7.27. The average molecular weight is 414 g/mol. The molecule has 142 valence electrons. The highest BCUT2D eigenvalue weighted by molar-refractivity contribution is 6.34. The lowest BCUT2D eigenvalue weighted by molar-refractivity contribution is -0.384. The lowest BCUT2D eigenvalue weighted by atomic mass is 10.2. The van der Waals surface area contributed by atoms with Crippen molar-refractivity contribution >= 4 is 52.1 Å². The van der Waals surface area contributed by atoms with Crippen molar-refractivity contribution in [2.45, 2.75) is 0 Å². The largest absolute Gasteiger partial charge is 0.496 e. The van der Waals surface area contributed by atoms with E-state index in [1.807, 2.05) is 0 Å². The molecular weight excluding hydrogens is 401 g/mol. The van der Waals surface area contributed by atoms with Gasteiger partial charge in [-0.15, -0.1) is 0 Å². The standard InChI is InChI=1S/C16H13Cl2N3O6/c1-26-14-6-12(19)11(18)5-9(14)16(23)27-7-15(22)20-13-4-8(21(24)25)2-3-10(13)17/h2-6H,7,19H2,1H3,(H,20,22). The van der Waals surface area contributed by atoms with Gasteiger partial charge in [0.2, 0.25) is 0 Å². The zero-order valence-electron chi connectivity index (χ0n) is 13.8. The van der Waals surface area contributed by atoms with Crippen molar-refractivity contribution in [2.75, 3.05) is 24.8 Å². The molecule has 0 aliphatic carbocycles. The van der Waals surface area contributed by atoms with E-state index in [9.17, 15) is 19.7 Å². The van der Waals surface area contributed by atoms with Gasteiger partial charge in [-0.05, 0) is 12.1 Å². The normalized spacial score (nSPS) is 10.2. The van der Waals surface area contributed by atoms with E-state index in [1.165, 1.54) is 31.4 Å². The maximum atomic E-state index is 12.2. The molecule has 0 aliphatic heterocycles. The van der Waals surface area contributed by atoms with E-state index in [1.54, 1.807) is 0 Å². The van der Waals surface area contributed by atoms with E-state index in [-0.39, 0.29) is 38.4 Å². The Morgan fingerprint density at radius 3 is 2.56 bits per heavy atom. The molecule has 2 aromatic carbocycles. The molecule has 27 heavy (non-hydrogen) atoms. The predicted octanol–water partition coefficient (Wildman–Crippen LogP) is 3.29. The second-order valence-electron chi connectivity index (χ2n) is 5.12. The van der Waals surface area contributed by atoms with Crippen molar-refractivity contribution < 1.29 is 24.0 Å². The molecule has 0 fully saturated rings. The van der Waals surface area contributed by atoms with E-state index in [2.05, 4.69) is 5.32 Å². The van der Waals surface area contributed by atoms with Crippen LogP contribution in [0.5, 0.6) is 5.75 Å². The van der Waals surface area contributed by atoms with Gasteiger partial charge in [-0.1, -0.05) is 23.2 Å². The van der Waals surface area contributed by atoms with Crippen LogP contribution in [0.1, 0.15) is 10.4 Å². The quantitative estimate of drug-likeness (QED) is 0.321. The van der Waals surface area contributed by atoms with Crippen LogP contribution in [-0.4, -0.2) is 30.5 Å². The number of methoxy groups -OCH3 is 1. The number of nitro benzene ring substituents is 1. The fourth-order valence-corrected chi connectivity index (χ4v) is 2.34. The van der Waals surface area contributed by atoms with Gasteiger partial charge in [-0.3, -0.25) is 14.9 Å². The smallest absolute Gasteiger partial charge is 0.342 e. The number of carbonyl (C=O) groups excluding carboxylic acids is 2. The highest BCUT2D eigenvalue weighted by atomic mass is 35.5. The number of benzene rings is 2. The Morgan fingerprint density at radius 2 is 1.93 bits per heavy atom. The summed E-state index contributed by atoms with van der Waals surface area (Å²) in [6.07, 6.45) is 0. The summed E-state index contributed by atoms with van der Waals surface area (Å²) in [6.45, 7) is -0.664. The van der Waals surface area contributed by atoms with Gasteiger partial charge < -0.3 is 20.5 Å². The Hall–Kier alpha value is -3.04. The number of rotatable bonds is 6. The molecule has 0 radical (unpaired) electrons. The third-order valence-corrected chi connectivity index (χ3v) is 3.96. The van der Waals surface area contributed by atoms with Crippen LogP contribution in [0.15, 0.2) is 30.3 Å². The molecule has 2 rings (SSSR count). The lowest BCUT2D eigenvalue weighted by Crippen LogP contribution is -2.21. The molecule has 0 unspecified atom stereocenters. The number of amides is 1. The minimum Gasteiger partial charge on any atom is -0.496 e. The van der Waals surface area contributed by atoms with Crippen molar-refractivity contribution in [2.24, 2.45) is 0 Å². The van der Waals surface area contributed by atoms with E-state index in [4.69, 9.17) is 38.4 Å². The van der Waals surface area contributed by atoms with Gasteiger partial charge in [-0.25, -0.2) is 4.79 Å². The number of non-ortho nitro benzene ring substituents is 1. The summed E-state index contributed by atoms with van der Waals surface area (Å²) >= 11 is 11.8. The number of carbonyl (C=O) groups is 2. The maximum Gasteiger partial charge on any atom is 0.342 e. The summed E-state index contributed by atoms with van der Waals surface area (Å²) in [5, 5.41) is 13.3. The van der Waals surface area contributed by atoms with E-state index in [0.29, 0.717) is 0 Å². The number of nitrogens with zero attached hydrogens (tertiary/aromatic N) is 1. The summed E-state index contributed by atoms with van der Waals surface area (Å²) < 4.78 is 9.94. The van der Waals surface area contributed by atoms with Gasteiger partial charge in [0.25, 0.3) is 11.6 Å². The van der Waals surface area contributed by atoms with Crippen LogP contribution in [0.2, 0.25) is 10.0 Å². The van der Waals surface area contributed by atoms with Crippen molar-refractivity contribution in [1.82, 2.24) is 0 Å². The average Bonchev–Trinajstić information content (AvgIpc) is 2.63. The summed E-state index contributed by atoms with van der Waals surface area (Å²) in [6, 6.07) is 6.15. The first-order chi connectivity index (χ1) is 12.7. The van der Waals surface area contributed by atoms with Crippen molar-refractivity contribution in [1.29, 1.82) is 0 Å². The molecule has 0 bridgehead atoms. The van der Waals surface area contributed by atoms with E-state index in [0.717, 1.165) is 6.07 Å². The van der Waals surface area contributed by atoms with Crippen molar-refractivity contribution in [3.05, 3.63) is 56.1 Å². The van der Waals surface area contributed by atoms with Gasteiger partial charge >= 0.3 is 5.97 Å². The lowest BCUT2D eigenvalue weighted by Gasteiger charge is -2.11. The van der Waals surface area contributed by atoms with Crippen LogP contribution in [0, 0.1) is 10.1 Å². The monoisotopic (exact) mass is 413 g/mol. The molecule has 0 atom stereocenters. The molecule has 2 aromatic rings. The summed E-state index contributed by atoms with van der Waals surface area (Å²) in [5.74, 6) is -1.48. The first-order valence-corrected chi connectivity index (χ1v) is 8.02. The number of hydrogen-bond acceptors (Lipinski definition) is 7. The number of hydrogen-bond donors (Lipinski definition) is 2. The number of anilines is 2. The van der Waals surface area contributed by atoms with Crippen LogP contribution in [0.3, 0.4) is 0 Å². The number of nitrogens with two attached hydrogens (primary N) is 1. The molecule has 0 saturated heterocycles. The molecular formula is C16H13Cl2N3O6. The number of ether oxygens (including phenoxy) is 2. The first kappa shape index (κ1) is 20.3. The van der Waals surface area contributed by atoms with Crippen LogP contribution in [0.4, 0.5) is 17.1 Å². The van der Waals surface area contributed by atoms with Crippen molar-refractivity contribution in [3.8, 4) is 5.75 Å².